The minimum absolute atomic E-state index is 0.0973. The predicted octanol–water partition coefficient (Wildman–Crippen LogP) is 5.26. The van der Waals surface area contributed by atoms with Crippen LogP contribution in [-0.4, -0.2) is 17.5 Å². The lowest BCUT2D eigenvalue weighted by molar-refractivity contribution is 0.0925. The van der Waals surface area contributed by atoms with Crippen molar-refractivity contribution in [1.82, 2.24) is 10.3 Å². The Balaban J connectivity index is 1.43. The van der Waals surface area contributed by atoms with Gasteiger partial charge in [-0.15, -0.1) is 0 Å². The summed E-state index contributed by atoms with van der Waals surface area (Å²) in [5, 5.41) is 3.15. The van der Waals surface area contributed by atoms with E-state index in [4.69, 9.17) is 9.15 Å². The largest absolute Gasteiger partial charge is 0.493 e. The fourth-order valence-electron chi connectivity index (χ4n) is 3.73. The topological polar surface area (TPSA) is 64.4 Å². The van der Waals surface area contributed by atoms with Gasteiger partial charge in [-0.1, -0.05) is 60.7 Å². The van der Waals surface area contributed by atoms with Crippen molar-refractivity contribution in [3.8, 4) is 28.5 Å². The molecule has 5 rings (SSSR count). The molecule has 1 N–H and O–H groups in total. The summed E-state index contributed by atoms with van der Waals surface area (Å²) in [6.07, 6.45) is 2.41. The third kappa shape index (κ3) is 3.46. The van der Waals surface area contributed by atoms with E-state index in [1.807, 2.05) is 72.8 Å². The van der Waals surface area contributed by atoms with Crippen molar-refractivity contribution in [2.75, 3.05) is 6.61 Å². The molecule has 3 aromatic carbocycles. The molecule has 30 heavy (non-hydrogen) atoms. The quantitative estimate of drug-likeness (QED) is 0.511. The maximum Gasteiger partial charge on any atom is 0.252 e. The van der Waals surface area contributed by atoms with Crippen molar-refractivity contribution in [3.63, 3.8) is 0 Å². The smallest absolute Gasteiger partial charge is 0.252 e. The molecule has 0 bridgehead atoms. The van der Waals surface area contributed by atoms with E-state index < -0.39 is 0 Å². The van der Waals surface area contributed by atoms with Gasteiger partial charge in [0.15, 0.2) is 5.76 Å². The maximum atomic E-state index is 13.2. The highest BCUT2D eigenvalue weighted by molar-refractivity contribution is 6.00. The molecule has 0 saturated carbocycles. The Kier molecular flexibility index (Phi) is 4.77. The van der Waals surface area contributed by atoms with Gasteiger partial charge in [-0.25, -0.2) is 4.98 Å². The Morgan fingerprint density at radius 2 is 1.70 bits per heavy atom. The number of para-hydroxylation sites is 1. The number of benzene rings is 3. The molecule has 0 fully saturated rings. The first kappa shape index (κ1) is 18.2. The van der Waals surface area contributed by atoms with Crippen LogP contribution < -0.4 is 10.1 Å². The van der Waals surface area contributed by atoms with Crippen LogP contribution in [0.3, 0.4) is 0 Å². The second kappa shape index (κ2) is 7.87. The van der Waals surface area contributed by atoms with Gasteiger partial charge >= 0.3 is 0 Å². The van der Waals surface area contributed by atoms with Gasteiger partial charge in [0.05, 0.1) is 24.4 Å². The summed E-state index contributed by atoms with van der Waals surface area (Å²) in [5.41, 5.74) is 3.13. The summed E-state index contributed by atoms with van der Waals surface area (Å²) in [7, 11) is 0. The first-order valence-electron chi connectivity index (χ1n) is 9.93. The minimum Gasteiger partial charge on any atom is -0.493 e. The normalized spacial score (nSPS) is 15.1. The van der Waals surface area contributed by atoms with Crippen molar-refractivity contribution in [3.05, 3.63) is 96.2 Å². The lowest BCUT2D eigenvalue weighted by atomic mass is 9.99. The van der Waals surface area contributed by atoms with Crippen LogP contribution in [0.25, 0.3) is 22.8 Å². The number of hydrogen-bond donors (Lipinski definition) is 1. The summed E-state index contributed by atoms with van der Waals surface area (Å²) < 4.78 is 11.7. The molecule has 1 aliphatic heterocycles. The monoisotopic (exact) mass is 396 g/mol. The number of fused-ring (bicyclic) bond motifs is 1. The summed E-state index contributed by atoms with van der Waals surface area (Å²) in [6.45, 7) is 0.573. The predicted molar refractivity (Wildman–Crippen MR) is 114 cm³/mol. The fourth-order valence-corrected chi connectivity index (χ4v) is 3.73. The van der Waals surface area contributed by atoms with E-state index in [1.54, 1.807) is 12.3 Å². The summed E-state index contributed by atoms with van der Waals surface area (Å²) in [5.74, 6) is 1.75. The highest BCUT2D eigenvalue weighted by Gasteiger charge is 2.25. The van der Waals surface area contributed by atoms with Crippen LogP contribution in [0.5, 0.6) is 5.75 Å². The van der Waals surface area contributed by atoms with Gasteiger partial charge in [0.25, 0.3) is 5.91 Å². The van der Waals surface area contributed by atoms with E-state index in [1.165, 1.54) is 0 Å². The molecule has 148 valence electrons. The second-order valence-electron chi connectivity index (χ2n) is 7.14. The molecule has 0 saturated heterocycles. The van der Waals surface area contributed by atoms with Gasteiger partial charge in [-0.2, -0.15) is 0 Å². The molecular formula is C25H20N2O3. The third-order valence-electron chi connectivity index (χ3n) is 5.23. The third-order valence-corrected chi connectivity index (χ3v) is 5.23. The van der Waals surface area contributed by atoms with Crippen LogP contribution in [-0.2, 0) is 0 Å². The molecule has 0 radical (unpaired) electrons. The Bertz CT molecular complexity index is 1180. The lowest BCUT2D eigenvalue weighted by Crippen LogP contribution is -2.32. The van der Waals surface area contributed by atoms with Gasteiger partial charge in [0.1, 0.15) is 5.75 Å². The van der Waals surface area contributed by atoms with Gasteiger partial charge < -0.3 is 14.5 Å². The van der Waals surface area contributed by atoms with Crippen LogP contribution in [0.4, 0.5) is 0 Å². The van der Waals surface area contributed by atoms with Crippen LogP contribution in [0, 0.1) is 0 Å². The second-order valence-corrected chi connectivity index (χ2v) is 7.14. The number of ether oxygens (including phenoxy) is 1. The van der Waals surface area contributed by atoms with E-state index in [2.05, 4.69) is 10.3 Å². The summed E-state index contributed by atoms with van der Waals surface area (Å²) in [6, 6.07) is 24.9. The molecule has 1 aromatic heterocycles. The van der Waals surface area contributed by atoms with Gasteiger partial charge in [0.2, 0.25) is 5.89 Å². The highest BCUT2D eigenvalue weighted by atomic mass is 16.5. The van der Waals surface area contributed by atoms with Crippen LogP contribution in [0.2, 0.25) is 0 Å². The molecule has 0 aliphatic carbocycles. The zero-order valence-corrected chi connectivity index (χ0v) is 16.2. The molecule has 0 unspecified atom stereocenters. The van der Waals surface area contributed by atoms with Crippen molar-refractivity contribution in [1.29, 1.82) is 0 Å². The molecule has 2 heterocycles. The number of aromatic nitrogens is 1. The zero-order chi connectivity index (χ0) is 20.3. The summed E-state index contributed by atoms with van der Waals surface area (Å²) in [4.78, 5) is 17.6. The molecular weight excluding hydrogens is 376 g/mol. The lowest BCUT2D eigenvalue weighted by Gasteiger charge is -2.26. The first-order valence-corrected chi connectivity index (χ1v) is 9.93. The van der Waals surface area contributed by atoms with Crippen molar-refractivity contribution >= 4 is 5.91 Å². The average molecular weight is 396 g/mol. The zero-order valence-electron chi connectivity index (χ0n) is 16.2. The van der Waals surface area contributed by atoms with Gasteiger partial charge in [-0.05, 0) is 18.2 Å². The number of rotatable bonds is 4. The molecule has 1 amide bonds. The van der Waals surface area contributed by atoms with Gasteiger partial charge in [0, 0.05) is 23.1 Å². The molecule has 4 aromatic rings. The van der Waals surface area contributed by atoms with Crippen LogP contribution >= 0.6 is 0 Å². The first-order chi connectivity index (χ1) is 14.8. The van der Waals surface area contributed by atoms with E-state index in [0.29, 0.717) is 29.4 Å². The molecule has 1 aliphatic rings. The fraction of sp³-hybridized carbons (Fsp3) is 0.120. The number of carbonyl (C=O) groups is 1. The Morgan fingerprint density at radius 1 is 0.933 bits per heavy atom. The SMILES string of the molecule is O=C(N[C@@H]1CCOc2ccccc21)c1ccccc1-c1ncc(-c2ccccc2)o1. The van der Waals surface area contributed by atoms with Crippen molar-refractivity contribution < 1.29 is 13.9 Å². The van der Waals surface area contributed by atoms with Crippen molar-refractivity contribution in [2.24, 2.45) is 0 Å². The van der Waals surface area contributed by atoms with Gasteiger partial charge in [-0.3, -0.25) is 4.79 Å². The average Bonchev–Trinajstić information content (AvgIpc) is 3.30. The number of nitrogens with zero attached hydrogens (tertiary/aromatic N) is 1. The number of hydrogen-bond acceptors (Lipinski definition) is 4. The van der Waals surface area contributed by atoms with E-state index >= 15 is 0 Å². The number of oxazole rings is 1. The Morgan fingerprint density at radius 3 is 2.60 bits per heavy atom. The van der Waals surface area contributed by atoms with Crippen LogP contribution in [0.1, 0.15) is 28.4 Å². The number of carbonyl (C=O) groups excluding carboxylic acids is 1. The Labute approximate surface area is 174 Å². The maximum absolute atomic E-state index is 13.2. The van der Waals surface area contributed by atoms with E-state index in [9.17, 15) is 4.79 Å². The molecule has 0 spiro atoms. The minimum atomic E-state index is -0.160. The van der Waals surface area contributed by atoms with E-state index in [-0.39, 0.29) is 11.9 Å². The van der Waals surface area contributed by atoms with E-state index in [0.717, 1.165) is 23.3 Å². The molecule has 5 heteroatoms. The van der Waals surface area contributed by atoms with Crippen molar-refractivity contribution in [2.45, 2.75) is 12.5 Å². The number of amides is 1. The standard InChI is InChI=1S/C25H20N2O3/c28-24(27-21-14-15-29-22-13-7-6-12-20(21)22)18-10-4-5-11-19(18)25-26-16-23(30-25)17-8-2-1-3-9-17/h1-13,16,21H,14-15H2,(H,27,28)/t21-/m1/s1. The molecule has 1 atom stereocenters. The molecule has 5 nitrogen and oxygen atoms in total. The Hall–Kier alpha value is -3.86. The van der Waals surface area contributed by atoms with Crippen LogP contribution in [0.15, 0.2) is 89.5 Å². The highest BCUT2D eigenvalue weighted by Crippen LogP contribution is 2.33. The number of nitrogens with one attached hydrogen (secondary N) is 1. The summed E-state index contributed by atoms with van der Waals surface area (Å²) >= 11 is 0.